The SMILES string of the molecule is Nc1nc2c(ncn2[C@@H]2O[C@H](COP(=O)(O)O)[C@@H](OP(=O)(O)NP(=O)(O)O)[C@H]2O)c(=O)[nH]1. The van der Waals surface area contributed by atoms with Crippen LogP contribution in [0.1, 0.15) is 6.23 Å². The molecule has 0 spiro atoms. The highest BCUT2D eigenvalue weighted by atomic mass is 31.3. The monoisotopic (exact) mass is 522 g/mol. The second-order valence-corrected chi connectivity index (χ2v) is 10.7. The maximum atomic E-state index is 12.0. The molecular formula is C10H17N6O13P3. The Hall–Kier alpha value is -1.56. The molecule has 0 amide bonds. The number of aliphatic hydroxyl groups is 1. The molecule has 180 valence electrons. The molecule has 1 aliphatic heterocycles. The van der Waals surface area contributed by atoms with Crippen LogP contribution < -0.4 is 16.2 Å². The minimum Gasteiger partial charge on any atom is -0.386 e. The summed E-state index contributed by atoms with van der Waals surface area (Å²) in [6.45, 7) is -0.985. The Morgan fingerprint density at radius 2 is 1.91 bits per heavy atom. The molecule has 0 aliphatic carbocycles. The van der Waals surface area contributed by atoms with E-state index in [2.05, 4.69) is 19.5 Å². The quantitative estimate of drug-likeness (QED) is 0.159. The average Bonchev–Trinajstić information content (AvgIpc) is 3.12. The van der Waals surface area contributed by atoms with E-state index in [0.717, 1.165) is 15.8 Å². The molecule has 0 saturated carbocycles. The summed E-state index contributed by atoms with van der Waals surface area (Å²) in [7, 11) is -15.6. The molecule has 0 radical (unpaired) electrons. The van der Waals surface area contributed by atoms with E-state index < -0.39 is 60.0 Å². The second-order valence-electron chi connectivity index (χ2n) is 6.35. The van der Waals surface area contributed by atoms with Crippen LogP contribution in [0, 0.1) is 0 Å². The molecule has 32 heavy (non-hydrogen) atoms. The Morgan fingerprint density at radius 3 is 2.50 bits per heavy atom. The summed E-state index contributed by atoms with van der Waals surface area (Å²) in [5, 5.41) is 10.6. The van der Waals surface area contributed by atoms with Gasteiger partial charge in [-0.1, -0.05) is 0 Å². The van der Waals surface area contributed by atoms with Crippen LogP contribution in [0.2, 0.25) is 0 Å². The van der Waals surface area contributed by atoms with Gasteiger partial charge in [0.05, 0.1) is 12.9 Å². The molecule has 3 heterocycles. The van der Waals surface area contributed by atoms with E-state index in [0.29, 0.717) is 0 Å². The molecule has 0 bridgehead atoms. The Kier molecular flexibility index (Phi) is 6.78. The van der Waals surface area contributed by atoms with Crippen molar-refractivity contribution in [2.75, 3.05) is 12.3 Å². The van der Waals surface area contributed by atoms with Crippen molar-refractivity contribution in [1.82, 2.24) is 24.4 Å². The van der Waals surface area contributed by atoms with Crippen molar-refractivity contribution in [2.45, 2.75) is 24.5 Å². The number of aromatic amines is 1. The van der Waals surface area contributed by atoms with Gasteiger partial charge in [-0.15, -0.1) is 4.86 Å². The lowest BCUT2D eigenvalue weighted by atomic mass is 10.1. The molecule has 22 heteroatoms. The minimum atomic E-state index is -5.29. The first-order valence-electron chi connectivity index (χ1n) is 8.18. The van der Waals surface area contributed by atoms with Crippen LogP contribution in [0.4, 0.5) is 5.95 Å². The van der Waals surface area contributed by atoms with Gasteiger partial charge in [0.15, 0.2) is 17.4 Å². The van der Waals surface area contributed by atoms with Crippen molar-refractivity contribution in [3.05, 3.63) is 16.7 Å². The number of phosphoric ester groups is 1. The molecule has 10 N–H and O–H groups in total. The van der Waals surface area contributed by atoms with Gasteiger partial charge in [-0.3, -0.25) is 23.4 Å². The number of nitrogen functional groups attached to an aromatic ring is 1. The fraction of sp³-hybridized carbons (Fsp3) is 0.500. The van der Waals surface area contributed by atoms with Crippen molar-refractivity contribution in [3.8, 4) is 0 Å². The lowest BCUT2D eigenvalue weighted by Crippen LogP contribution is -2.36. The summed E-state index contributed by atoms with van der Waals surface area (Å²) in [5.41, 5.74) is 4.33. The lowest BCUT2D eigenvalue weighted by molar-refractivity contribution is -0.0499. The summed E-state index contributed by atoms with van der Waals surface area (Å²) in [4.78, 5) is 68.0. The number of hydrogen-bond acceptors (Lipinski definition) is 11. The number of ether oxygens (including phenoxy) is 1. The summed E-state index contributed by atoms with van der Waals surface area (Å²) in [6, 6.07) is 0. The van der Waals surface area contributed by atoms with E-state index in [1.807, 2.05) is 0 Å². The van der Waals surface area contributed by atoms with Crippen molar-refractivity contribution in [1.29, 1.82) is 0 Å². The van der Waals surface area contributed by atoms with Crippen molar-refractivity contribution < 1.29 is 57.1 Å². The number of rotatable bonds is 8. The van der Waals surface area contributed by atoms with Gasteiger partial charge in [0.1, 0.15) is 18.3 Å². The van der Waals surface area contributed by atoms with Gasteiger partial charge in [-0.2, -0.15) is 4.98 Å². The lowest BCUT2D eigenvalue weighted by Gasteiger charge is -2.23. The molecular weight excluding hydrogens is 505 g/mol. The summed E-state index contributed by atoms with van der Waals surface area (Å²) >= 11 is 0. The zero-order valence-electron chi connectivity index (χ0n) is 15.4. The van der Waals surface area contributed by atoms with E-state index in [1.54, 1.807) is 0 Å². The Bertz CT molecular complexity index is 1200. The molecule has 1 fully saturated rings. The maximum absolute atomic E-state index is 12.0. The molecule has 0 aromatic carbocycles. The molecule has 2 aromatic rings. The number of nitrogens with zero attached hydrogens (tertiary/aromatic N) is 3. The van der Waals surface area contributed by atoms with E-state index in [4.69, 9.17) is 34.6 Å². The van der Waals surface area contributed by atoms with Crippen molar-refractivity contribution in [2.24, 2.45) is 0 Å². The van der Waals surface area contributed by atoms with E-state index in [-0.39, 0.29) is 17.1 Å². The van der Waals surface area contributed by atoms with Gasteiger partial charge >= 0.3 is 23.3 Å². The minimum absolute atomic E-state index is 0.189. The third-order valence-electron chi connectivity index (χ3n) is 3.96. The number of aromatic nitrogens is 4. The first kappa shape index (κ1) is 25.1. The van der Waals surface area contributed by atoms with Gasteiger partial charge in [-0.05, 0) is 0 Å². The Balaban J connectivity index is 1.96. The van der Waals surface area contributed by atoms with Crippen molar-refractivity contribution in [3.63, 3.8) is 0 Å². The molecule has 1 saturated heterocycles. The highest BCUT2D eigenvalue weighted by molar-refractivity contribution is 7.66. The predicted molar refractivity (Wildman–Crippen MR) is 100 cm³/mol. The Morgan fingerprint density at radius 1 is 1.25 bits per heavy atom. The number of anilines is 1. The maximum Gasteiger partial charge on any atom is 0.469 e. The third kappa shape index (κ3) is 5.86. The number of aliphatic hydroxyl groups excluding tert-OH is 1. The molecule has 1 unspecified atom stereocenters. The zero-order valence-corrected chi connectivity index (χ0v) is 18.1. The first-order chi connectivity index (χ1) is 14.6. The Labute approximate surface area is 176 Å². The van der Waals surface area contributed by atoms with Gasteiger partial charge < -0.3 is 40.0 Å². The summed E-state index contributed by atoms with van der Waals surface area (Å²) < 4.78 is 49.5. The van der Waals surface area contributed by atoms with Gasteiger partial charge in [0, 0.05) is 0 Å². The smallest absolute Gasteiger partial charge is 0.386 e. The normalized spacial score (nSPS) is 26.4. The van der Waals surface area contributed by atoms with Gasteiger partial charge in [-0.25, -0.2) is 18.7 Å². The average molecular weight is 522 g/mol. The first-order valence-corrected chi connectivity index (χ1v) is 12.9. The fourth-order valence-corrected chi connectivity index (χ4v) is 5.30. The number of phosphoric acid groups is 1. The third-order valence-corrected chi connectivity index (χ3v) is 7.03. The highest BCUT2D eigenvalue weighted by Gasteiger charge is 2.50. The largest absolute Gasteiger partial charge is 0.469 e. The summed E-state index contributed by atoms with van der Waals surface area (Å²) in [6.07, 6.45) is -6.06. The molecule has 2 aromatic heterocycles. The number of nitrogens with one attached hydrogen (secondary N) is 2. The van der Waals surface area contributed by atoms with Gasteiger partial charge in [0.2, 0.25) is 5.95 Å². The highest BCUT2D eigenvalue weighted by Crippen LogP contribution is 2.52. The summed E-state index contributed by atoms with van der Waals surface area (Å²) in [5.74, 6) is -0.323. The van der Waals surface area contributed by atoms with Crippen LogP contribution in [0.3, 0.4) is 0 Å². The number of fused-ring (bicyclic) bond motifs is 1. The van der Waals surface area contributed by atoms with Crippen LogP contribution in [0.5, 0.6) is 0 Å². The van der Waals surface area contributed by atoms with Crippen LogP contribution in [-0.2, 0) is 27.5 Å². The number of nitrogens with two attached hydrogens (primary N) is 1. The fourth-order valence-electron chi connectivity index (χ4n) is 2.87. The molecule has 1 aliphatic rings. The van der Waals surface area contributed by atoms with Crippen LogP contribution >= 0.6 is 23.3 Å². The topological polar surface area (TPSA) is 302 Å². The van der Waals surface area contributed by atoms with Crippen molar-refractivity contribution >= 4 is 40.4 Å². The van der Waals surface area contributed by atoms with Crippen LogP contribution in [-0.4, -0.2) is 74.0 Å². The standard InChI is InChI=1S/C10H17N6O13P3/c11-10-13-7-4(8(18)14-10)12-2-16(7)9-5(17)6(3(28-9)1-27-32(24,25)26)29-31(22,23)15-30(19,20)21/h2-3,5-6,9,17H,1H2,(H2,24,25,26)(H3,11,13,14,18)(H4,15,19,20,21,22,23)/t3-,5-,6-,9-/m1/s1. The predicted octanol–water partition coefficient (Wildman–Crippen LogP) is -2.76. The number of H-pyrrole nitrogens is 1. The van der Waals surface area contributed by atoms with Crippen LogP contribution in [0.15, 0.2) is 11.1 Å². The van der Waals surface area contributed by atoms with Gasteiger partial charge in [0.25, 0.3) is 5.56 Å². The van der Waals surface area contributed by atoms with E-state index in [9.17, 15) is 28.5 Å². The zero-order chi connectivity index (χ0) is 24.1. The van der Waals surface area contributed by atoms with E-state index >= 15 is 0 Å². The number of imidazole rings is 1. The number of hydrogen-bond donors (Lipinski definition) is 9. The van der Waals surface area contributed by atoms with Crippen LogP contribution in [0.25, 0.3) is 11.2 Å². The molecule has 19 nitrogen and oxygen atoms in total. The van der Waals surface area contributed by atoms with E-state index in [1.165, 1.54) is 0 Å². The molecule has 5 atom stereocenters. The second kappa shape index (κ2) is 8.66. The molecule has 3 rings (SSSR count).